The zero-order chi connectivity index (χ0) is 20.2. The van der Waals surface area contributed by atoms with E-state index in [1.54, 1.807) is 13.2 Å². The molecule has 0 bridgehead atoms. The van der Waals surface area contributed by atoms with Gasteiger partial charge in [-0.15, -0.1) is 0 Å². The molecule has 2 aromatic carbocycles. The van der Waals surface area contributed by atoms with Gasteiger partial charge in [-0.25, -0.2) is 5.10 Å². The number of rotatable bonds is 4. The fourth-order valence-corrected chi connectivity index (χ4v) is 4.13. The summed E-state index contributed by atoms with van der Waals surface area (Å²) in [4.78, 5) is 27.3. The van der Waals surface area contributed by atoms with Crippen LogP contribution in [0.25, 0.3) is 10.8 Å². The summed E-state index contributed by atoms with van der Waals surface area (Å²) in [5.74, 6) is 0.849. The lowest BCUT2D eigenvalue weighted by Gasteiger charge is -2.30. The molecule has 3 aromatic rings. The summed E-state index contributed by atoms with van der Waals surface area (Å²) < 4.78 is 5.27. The van der Waals surface area contributed by atoms with Gasteiger partial charge in [-0.05, 0) is 36.6 Å². The minimum absolute atomic E-state index is 0.0393. The van der Waals surface area contributed by atoms with Crippen molar-refractivity contribution in [2.24, 2.45) is 0 Å². The zero-order valence-electron chi connectivity index (χ0n) is 16.6. The summed E-state index contributed by atoms with van der Waals surface area (Å²) in [5, 5.41) is 8.01. The number of carbonyl (C=O) groups excluding carboxylic acids is 1. The van der Waals surface area contributed by atoms with Crippen LogP contribution in [0, 0.1) is 0 Å². The van der Waals surface area contributed by atoms with Crippen LogP contribution in [0.1, 0.15) is 43.0 Å². The van der Waals surface area contributed by atoms with Crippen molar-refractivity contribution in [3.63, 3.8) is 0 Å². The first-order chi connectivity index (χ1) is 14.2. The van der Waals surface area contributed by atoms with Crippen LogP contribution in [0.2, 0.25) is 0 Å². The Morgan fingerprint density at radius 1 is 1.10 bits per heavy atom. The number of nitrogens with zero attached hydrogens (tertiary/aromatic N) is 2. The van der Waals surface area contributed by atoms with Crippen LogP contribution in [-0.4, -0.2) is 34.7 Å². The molecule has 0 unspecified atom stereocenters. The molecule has 2 heterocycles. The van der Waals surface area contributed by atoms with Crippen molar-refractivity contribution in [3.8, 4) is 5.75 Å². The Morgan fingerprint density at radius 3 is 2.62 bits per heavy atom. The molecule has 0 saturated carbocycles. The topological polar surface area (TPSA) is 75.3 Å². The monoisotopic (exact) mass is 391 g/mol. The number of hydrogen-bond acceptors (Lipinski definition) is 4. The van der Waals surface area contributed by atoms with Crippen LogP contribution in [0.3, 0.4) is 0 Å². The van der Waals surface area contributed by atoms with Crippen LogP contribution >= 0.6 is 0 Å². The van der Waals surface area contributed by atoms with Gasteiger partial charge < -0.3 is 9.64 Å². The Morgan fingerprint density at radius 2 is 1.86 bits per heavy atom. The molecule has 1 aromatic heterocycles. The summed E-state index contributed by atoms with van der Waals surface area (Å²) in [5.41, 5.74) is 1.51. The van der Waals surface area contributed by atoms with Gasteiger partial charge in [0.05, 0.1) is 30.7 Å². The van der Waals surface area contributed by atoms with E-state index in [2.05, 4.69) is 10.2 Å². The average Bonchev–Trinajstić information content (AvgIpc) is 3.02. The van der Waals surface area contributed by atoms with Crippen molar-refractivity contribution in [2.45, 2.75) is 38.1 Å². The van der Waals surface area contributed by atoms with E-state index >= 15 is 0 Å². The van der Waals surface area contributed by atoms with E-state index in [0.29, 0.717) is 11.1 Å². The third kappa shape index (κ3) is 4.01. The van der Waals surface area contributed by atoms with Crippen molar-refractivity contribution in [3.05, 3.63) is 70.1 Å². The fourth-order valence-electron chi connectivity index (χ4n) is 4.13. The Kier molecular flexibility index (Phi) is 5.60. The molecule has 0 aliphatic carbocycles. The highest BCUT2D eigenvalue weighted by atomic mass is 16.5. The van der Waals surface area contributed by atoms with Crippen LogP contribution in [0.15, 0.2) is 53.3 Å². The van der Waals surface area contributed by atoms with Gasteiger partial charge in [0.25, 0.3) is 5.56 Å². The molecule has 1 saturated heterocycles. The molecule has 150 valence electrons. The molecule has 1 N–H and O–H groups in total. The first-order valence-corrected chi connectivity index (χ1v) is 10.1. The molecule has 1 aliphatic rings. The molecule has 0 radical (unpaired) electrons. The molecule has 0 spiro atoms. The number of likely N-dealkylation sites (tertiary alicyclic amines) is 1. The first-order valence-electron chi connectivity index (χ1n) is 10.1. The van der Waals surface area contributed by atoms with Gasteiger partial charge >= 0.3 is 0 Å². The number of methoxy groups -OCH3 is 1. The maximum absolute atomic E-state index is 13.3. The highest BCUT2D eigenvalue weighted by Crippen LogP contribution is 2.31. The molecular formula is C23H25N3O3. The van der Waals surface area contributed by atoms with Gasteiger partial charge in [0, 0.05) is 11.9 Å². The van der Waals surface area contributed by atoms with Crippen molar-refractivity contribution in [1.29, 1.82) is 0 Å². The third-order valence-corrected chi connectivity index (χ3v) is 5.67. The quantitative estimate of drug-likeness (QED) is 0.737. The van der Waals surface area contributed by atoms with Gasteiger partial charge in [-0.2, -0.15) is 5.10 Å². The Labute approximate surface area is 169 Å². The normalized spacial score (nSPS) is 17.1. The third-order valence-electron chi connectivity index (χ3n) is 5.67. The summed E-state index contributed by atoms with van der Waals surface area (Å²) in [6.45, 7) is 0.733. The van der Waals surface area contributed by atoms with Gasteiger partial charge in [-0.3, -0.25) is 9.59 Å². The second-order valence-electron chi connectivity index (χ2n) is 7.45. The average molecular weight is 391 g/mol. The van der Waals surface area contributed by atoms with E-state index in [9.17, 15) is 9.59 Å². The SMILES string of the molecule is COc1ccc([C@@H]2CCCCCN2C(=O)Cc2n[nH]c(=O)c3ccccc23)cc1. The second kappa shape index (κ2) is 8.47. The van der Waals surface area contributed by atoms with Gasteiger partial charge in [-0.1, -0.05) is 43.2 Å². The van der Waals surface area contributed by atoms with Crippen LogP contribution in [0.4, 0.5) is 0 Å². The van der Waals surface area contributed by atoms with Gasteiger partial charge in [0.2, 0.25) is 5.91 Å². The molecule has 1 fully saturated rings. The van der Waals surface area contributed by atoms with E-state index < -0.39 is 0 Å². The Bertz CT molecular complexity index is 1060. The Balaban J connectivity index is 1.63. The number of hydrogen-bond donors (Lipinski definition) is 1. The van der Waals surface area contributed by atoms with Crippen LogP contribution in [-0.2, 0) is 11.2 Å². The highest BCUT2D eigenvalue weighted by Gasteiger charge is 2.27. The van der Waals surface area contributed by atoms with Crippen LogP contribution < -0.4 is 10.3 Å². The summed E-state index contributed by atoms with van der Waals surface area (Å²) in [6, 6.07) is 15.3. The smallest absolute Gasteiger partial charge is 0.272 e. The minimum Gasteiger partial charge on any atom is -0.497 e. The number of H-pyrrole nitrogens is 1. The lowest BCUT2D eigenvalue weighted by molar-refractivity contribution is -0.133. The standard InChI is InChI=1S/C23H25N3O3/c1-29-17-12-10-16(11-13-17)21-9-3-2-6-14-26(21)22(27)15-20-18-7-4-5-8-19(18)23(28)25-24-20/h4-5,7-8,10-13,21H,2-3,6,9,14-15H2,1H3,(H,25,28)/t21-/m0/s1. The summed E-state index contributed by atoms with van der Waals surface area (Å²) in [7, 11) is 1.65. The first kappa shape index (κ1) is 19.2. The van der Waals surface area contributed by atoms with Gasteiger partial charge in [0.1, 0.15) is 5.75 Å². The molecule has 6 nitrogen and oxygen atoms in total. The number of nitrogens with one attached hydrogen (secondary N) is 1. The van der Waals surface area contributed by atoms with E-state index in [1.807, 2.05) is 47.4 Å². The van der Waals surface area contributed by atoms with Crippen molar-refractivity contribution in [2.75, 3.05) is 13.7 Å². The maximum atomic E-state index is 13.3. The number of aromatic amines is 1. The molecule has 29 heavy (non-hydrogen) atoms. The summed E-state index contributed by atoms with van der Waals surface area (Å²) >= 11 is 0. The molecular weight excluding hydrogens is 366 g/mol. The molecule has 1 aliphatic heterocycles. The lowest BCUT2D eigenvalue weighted by atomic mass is 10.00. The number of benzene rings is 2. The van der Waals surface area contributed by atoms with E-state index in [-0.39, 0.29) is 23.9 Å². The predicted octanol–water partition coefficient (Wildman–Crippen LogP) is 3.62. The number of ether oxygens (including phenoxy) is 1. The summed E-state index contributed by atoms with van der Waals surface area (Å²) in [6.07, 6.45) is 4.33. The predicted molar refractivity (Wildman–Crippen MR) is 112 cm³/mol. The van der Waals surface area contributed by atoms with Gasteiger partial charge in [0.15, 0.2) is 0 Å². The number of carbonyl (C=O) groups is 1. The van der Waals surface area contributed by atoms with E-state index in [0.717, 1.165) is 48.9 Å². The fraction of sp³-hybridized carbons (Fsp3) is 0.348. The number of aromatic nitrogens is 2. The largest absolute Gasteiger partial charge is 0.497 e. The van der Waals surface area contributed by atoms with Crippen molar-refractivity contribution < 1.29 is 9.53 Å². The Hall–Kier alpha value is -3.15. The number of fused-ring (bicyclic) bond motifs is 1. The number of amides is 1. The molecule has 1 amide bonds. The van der Waals surface area contributed by atoms with Crippen molar-refractivity contribution >= 4 is 16.7 Å². The van der Waals surface area contributed by atoms with Crippen LogP contribution in [0.5, 0.6) is 5.75 Å². The van der Waals surface area contributed by atoms with Crippen molar-refractivity contribution in [1.82, 2.24) is 15.1 Å². The lowest BCUT2D eigenvalue weighted by Crippen LogP contribution is -2.36. The molecule has 4 rings (SSSR count). The minimum atomic E-state index is -0.234. The van der Waals surface area contributed by atoms with E-state index in [1.165, 1.54) is 0 Å². The highest BCUT2D eigenvalue weighted by molar-refractivity contribution is 5.88. The second-order valence-corrected chi connectivity index (χ2v) is 7.45. The molecule has 1 atom stereocenters. The van der Waals surface area contributed by atoms with E-state index in [4.69, 9.17) is 4.74 Å². The maximum Gasteiger partial charge on any atom is 0.272 e. The zero-order valence-corrected chi connectivity index (χ0v) is 16.6. The molecule has 6 heteroatoms.